The van der Waals surface area contributed by atoms with Crippen molar-refractivity contribution in [2.75, 3.05) is 17.7 Å². The molecule has 5 heteroatoms. The van der Waals surface area contributed by atoms with Gasteiger partial charge in [0.1, 0.15) is 23.7 Å². The number of nitrogens with zero attached hydrogens (tertiary/aromatic N) is 3. The molecule has 0 saturated heterocycles. The lowest BCUT2D eigenvalue weighted by atomic mass is 10.0. The van der Waals surface area contributed by atoms with Gasteiger partial charge in [-0.15, -0.1) is 0 Å². The van der Waals surface area contributed by atoms with E-state index in [1.165, 1.54) is 6.33 Å². The molecular formula is C14H20N4O. The minimum Gasteiger partial charge on any atom is -0.469 e. The first-order valence-corrected chi connectivity index (χ1v) is 6.35. The van der Waals surface area contributed by atoms with Crippen LogP contribution in [0.25, 0.3) is 0 Å². The molecule has 2 aromatic rings. The van der Waals surface area contributed by atoms with Gasteiger partial charge in [0.15, 0.2) is 0 Å². The summed E-state index contributed by atoms with van der Waals surface area (Å²) < 4.78 is 5.32. The van der Waals surface area contributed by atoms with Crippen molar-refractivity contribution in [2.45, 2.75) is 33.2 Å². The summed E-state index contributed by atoms with van der Waals surface area (Å²) in [4.78, 5) is 10.5. The van der Waals surface area contributed by atoms with Crippen molar-refractivity contribution in [3.63, 3.8) is 0 Å². The van der Waals surface area contributed by atoms with Crippen molar-refractivity contribution in [3.8, 4) is 0 Å². The van der Waals surface area contributed by atoms with Crippen LogP contribution in [0.5, 0.6) is 0 Å². The SMILES string of the molecule is Cc1occc1CN(C)c1ncnc(N)c1C(C)C. The Morgan fingerprint density at radius 1 is 1.37 bits per heavy atom. The van der Waals surface area contributed by atoms with Crippen LogP contribution in [-0.2, 0) is 6.54 Å². The standard InChI is InChI=1S/C14H20N4O/c1-9(2)12-13(15)16-8-17-14(12)18(4)7-11-5-6-19-10(11)3/h5-6,8-9H,7H2,1-4H3,(H2,15,16,17). The fourth-order valence-electron chi connectivity index (χ4n) is 2.16. The molecular weight excluding hydrogens is 240 g/mol. The maximum Gasteiger partial charge on any atom is 0.137 e. The molecule has 2 N–H and O–H groups in total. The molecule has 0 aliphatic heterocycles. The van der Waals surface area contributed by atoms with Crippen LogP contribution in [0.2, 0.25) is 0 Å². The van der Waals surface area contributed by atoms with E-state index in [0.717, 1.165) is 29.2 Å². The fraction of sp³-hybridized carbons (Fsp3) is 0.429. The zero-order chi connectivity index (χ0) is 14.0. The molecule has 0 bridgehead atoms. The second-order valence-electron chi connectivity index (χ2n) is 5.01. The van der Waals surface area contributed by atoms with Crippen LogP contribution < -0.4 is 10.6 Å². The third kappa shape index (κ3) is 2.70. The van der Waals surface area contributed by atoms with Gasteiger partial charge in [-0.25, -0.2) is 9.97 Å². The summed E-state index contributed by atoms with van der Waals surface area (Å²) in [5, 5.41) is 0. The van der Waals surface area contributed by atoms with Crippen LogP contribution in [0.3, 0.4) is 0 Å². The van der Waals surface area contributed by atoms with Gasteiger partial charge in [-0.2, -0.15) is 0 Å². The predicted octanol–water partition coefficient (Wildman–Crippen LogP) is 2.72. The van der Waals surface area contributed by atoms with Crippen molar-refractivity contribution in [2.24, 2.45) is 0 Å². The molecule has 0 spiro atoms. The molecule has 0 unspecified atom stereocenters. The van der Waals surface area contributed by atoms with Gasteiger partial charge >= 0.3 is 0 Å². The fourth-order valence-corrected chi connectivity index (χ4v) is 2.16. The molecule has 0 fully saturated rings. The van der Waals surface area contributed by atoms with E-state index in [9.17, 15) is 0 Å². The van der Waals surface area contributed by atoms with Gasteiger partial charge in [-0.1, -0.05) is 13.8 Å². The summed E-state index contributed by atoms with van der Waals surface area (Å²) in [5.74, 6) is 2.64. The summed E-state index contributed by atoms with van der Waals surface area (Å²) in [6.07, 6.45) is 3.21. The Hall–Kier alpha value is -2.04. The highest BCUT2D eigenvalue weighted by atomic mass is 16.3. The maximum atomic E-state index is 5.97. The summed E-state index contributed by atoms with van der Waals surface area (Å²) in [5.41, 5.74) is 8.11. The van der Waals surface area contributed by atoms with Gasteiger partial charge in [0.25, 0.3) is 0 Å². The number of hydrogen-bond donors (Lipinski definition) is 1. The average Bonchev–Trinajstić information content (AvgIpc) is 2.74. The highest BCUT2D eigenvalue weighted by Crippen LogP contribution is 2.29. The van der Waals surface area contributed by atoms with E-state index in [-0.39, 0.29) is 5.92 Å². The molecule has 0 aliphatic carbocycles. The summed E-state index contributed by atoms with van der Waals surface area (Å²) in [6.45, 7) is 6.88. The molecule has 0 amide bonds. The van der Waals surface area contributed by atoms with Gasteiger partial charge in [-0.05, 0) is 18.9 Å². The molecule has 0 radical (unpaired) electrons. The Morgan fingerprint density at radius 3 is 2.68 bits per heavy atom. The monoisotopic (exact) mass is 260 g/mol. The Balaban J connectivity index is 2.31. The molecule has 2 heterocycles. The first-order chi connectivity index (χ1) is 9.00. The van der Waals surface area contributed by atoms with Crippen LogP contribution in [0.15, 0.2) is 23.1 Å². The lowest BCUT2D eigenvalue weighted by Crippen LogP contribution is -2.21. The smallest absolute Gasteiger partial charge is 0.137 e. The van der Waals surface area contributed by atoms with Crippen molar-refractivity contribution < 1.29 is 4.42 Å². The molecule has 0 atom stereocenters. The van der Waals surface area contributed by atoms with E-state index >= 15 is 0 Å². The minimum absolute atomic E-state index is 0.282. The number of rotatable bonds is 4. The zero-order valence-corrected chi connectivity index (χ0v) is 11.8. The van der Waals surface area contributed by atoms with E-state index < -0.39 is 0 Å². The largest absolute Gasteiger partial charge is 0.469 e. The maximum absolute atomic E-state index is 5.97. The van der Waals surface area contributed by atoms with Gasteiger partial charge in [0.2, 0.25) is 0 Å². The highest BCUT2D eigenvalue weighted by molar-refractivity contribution is 5.58. The van der Waals surface area contributed by atoms with Crippen LogP contribution in [0.4, 0.5) is 11.6 Å². The summed E-state index contributed by atoms with van der Waals surface area (Å²) in [7, 11) is 2.00. The molecule has 2 rings (SSSR count). The lowest BCUT2D eigenvalue weighted by molar-refractivity contribution is 0.529. The molecule has 102 valence electrons. The van der Waals surface area contributed by atoms with Gasteiger partial charge < -0.3 is 15.1 Å². The Morgan fingerprint density at radius 2 is 2.11 bits per heavy atom. The number of aryl methyl sites for hydroxylation is 1. The Bertz CT molecular complexity index is 562. The second-order valence-corrected chi connectivity index (χ2v) is 5.01. The number of nitrogens with two attached hydrogens (primary N) is 1. The van der Waals surface area contributed by atoms with Crippen LogP contribution in [-0.4, -0.2) is 17.0 Å². The van der Waals surface area contributed by atoms with Gasteiger partial charge in [0.05, 0.1) is 6.26 Å². The lowest BCUT2D eigenvalue weighted by Gasteiger charge is -2.23. The van der Waals surface area contributed by atoms with E-state index in [4.69, 9.17) is 10.2 Å². The number of aromatic nitrogens is 2. The van der Waals surface area contributed by atoms with Gasteiger partial charge in [0, 0.05) is 24.7 Å². The topological polar surface area (TPSA) is 68.2 Å². The molecule has 5 nitrogen and oxygen atoms in total. The van der Waals surface area contributed by atoms with Crippen molar-refractivity contribution in [1.82, 2.24) is 9.97 Å². The highest BCUT2D eigenvalue weighted by Gasteiger charge is 2.17. The Labute approximate surface area is 113 Å². The van der Waals surface area contributed by atoms with Crippen molar-refractivity contribution >= 4 is 11.6 Å². The number of nitrogen functional groups attached to an aromatic ring is 1. The molecule has 0 aliphatic rings. The van der Waals surface area contributed by atoms with Gasteiger partial charge in [-0.3, -0.25) is 0 Å². The molecule has 0 saturated carbocycles. The molecule has 0 aromatic carbocycles. The summed E-state index contributed by atoms with van der Waals surface area (Å²) >= 11 is 0. The van der Waals surface area contributed by atoms with E-state index in [0.29, 0.717) is 5.82 Å². The average molecular weight is 260 g/mol. The van der Waals surface area contributed by atoms with Crippen LogP contribution in [0.1, 0.15) is 36.7 Å². The van der Waals surface area contributed by atoms with Crippen LogP contribution in [0, 0.1) is 6.92 Å². The first-order valence-electron chi connectivity index (χ1n) is 6.35. The van der Waals surface area contributed by atoms with Crippen molar-refractivity contribution in [1.29, 1.82) is 0 Å². The van der Waals surface area contributed by atoms with E-state index in [1.54, 1.807) is 6.26 Å². The molecule has 19 heavy (non-hydrogen) atoms. The van der Waals surface area contributed by atoms with Crippen molar-refractivity contribution in [3.05, 3.63) is 35.5 Å². The quantitative estimate of drug-likeness (QED) is 0.915. The zero-order valence-electron chi connectivity index (χ0n) is 11.8. The molecule has 2 aromatic heterocycles. The Kier molecular flexibility index (Phi) is 3.74. The number of hydrogen-bond acceptors (Lipinski definition) is 5. The normalized spacial score (nSPS) is 11.0. The second kappa shape index (κ2) is 5.30. The van der Waals surface area contributed by atoms with E-state index in [1.807, 2.05) is 20.0 Å². The van der Waals surface area contributed by atoms with E-state index in [2.05, 4.69) is 28.7 Å². The predicted molar refractivity (Wildman–Crippen MR) is 76.1 cm³/mol. The number of anilines is 2. The summed E-state index contributed by atoms with van der Waals surface area (Å²) in [6, 6.07) is 1.98. The first kappa shape index (κ1) is 13.4. The minimum atomic E-state index is 0.282. The third-order valence-corrected chi connectivity index (χ3v) is 3.21. The number of furan rings is 1. The van der Waals surface area contributed by atoms with Crippen LogP contribution >= 0.6 is 0 Å². The third-order valence-electron chi connectivity index (χ3n) is 3.21.